The van der Waals surface area contributed by atoms with E-state index in [1.165, 1.54) is 0 Å². The summed E-state index contributed by atoms with van der Waals surface area (Å²) in [6.45, 7) is -0.209. The van der Waals surface area contributed by atoms with Crippen molar-refractivity contribution in [2.24, 2.45) is 0 Å². The minimum Gasteiger partial charge on any atom is -0.380 e. The second-order valence-corrected chi connectivity index (χ2v) is 3.80. The van der Waals surface area contributed by atoms with Gasteiger partial charge in [-0.2, -0.15) is 13.2 Å². The molecule has 0 bridgehead atoms. The largest absolute Gasteiger partial charge is 0.411 e. The summed E-state index contributed by atoms with van der Waals surface area (Å²) in [5, 5.41) is 2.54. The fourth-order valence-electron chi connectivity index (χ4n) is 1.000. The molecule has 0 fully saturated rings. The summed E-state index contributed by atoms with van der Waals surface area (Å²) in [5.74, 6) is 0.0811. The Kier molecular flexibility index (Phi) is 10.1. The highest BCUT2D eigenvalue weighted by molar-refractivity contribution is 6.17. The maximum atomic E-state index is 11.7. The van der Waals surface area contributed by atoms with E-state index in [2.05, 4.69) is 10.1 Å². The summed E-state index contributed by atoms with van der Waals surface area (Å²) in [4.78, 5) is 11.1. The van der Waals surface area contributed by atoms with Crippen molar-refractivity contribution < 1.29 is 27.4 Å². The van der Waals surface area contributed by atoms with Crippen LogP contribution in [0.1, 0.15) is 12.8 Å². The lowest BCUT2D eigenvalue weighted by molar-refractivity contribution is -0.174. The molecule has 0 saturated heterocycles. The maximum Gasteiger partial charge on any atom is 0.411 e. The quantitative estimate of drug-likeness (QED) is 0.492. The number of alkyl halides is 4. The Morgan fingerprint density at radius 2 is 1.89 bits per heavy atom. The zero-order valence-electron chi connectivity index (χ0n) is 9.89. The summed E-state index contributed by atoms with van der Waals surface area (Å²) in [6.07, 6.45) is -3.80. The molecule has 0 saturated carbocycles. The van der Waals surface area contributed by atoms with Gasteiger partial charge in [0.05, 0.1) is 13.2 Å². The fraction of sp³-hybridized carbons (Fsp3) is 0.900. The number of carbonyl (C=O) groups is 1. The number of rotatable bonds is 10. The van der Waals surface area contributed by atoms with E-state index in [0.717, 1.165) is 0 Å². The molecular weight excluding hydrogens is 275 g/mol. The van der Waals surface area contributed by atoms with Crippen LogP contribution >= 0.6 is 11.6 Å². The first-order valence-corrected chi connectivity index (χ1v) is 6.04. The third-order valence-corrected chi connectivity index (χ3v) is 1.90. The Morgan fingerprint density at radius 3 is 2.50 bits per heavy atom. The number of hydrogen-bond acceptors (Lipinski definition) is 3. The van der Waals surface area contributed by atoms with Gasteiger partial charge in [-0.3, -0.25) is 4.79 Å². The van der Waals surface area contributed by atoms with Crippen molar-refractivity contribution in [1.82, 2.24) is 5.32 Å². The predicted molar refractivity (Wildman–Crippen MR) is 60.7 cm³/mol. The van der Waals surface area contributed by atoms with Crippen LogP contribution in [0.5, 0.6) is 0 Å². The van der Waals surface area contributed by atoms with Crippen LogP contribution in [0.25, 0.3) is 0 Å². The zero-order chi connectivity index (χ0) is 13.9. The molecule has 0 heterocycles. The predicted octanol–water partition coefficient (Wildman–Crippen LogP) is 1.72. The first-order valence-electron chi connectivity index (χ1n) is 5.50. The monoisotopic (exact) mass is 291 g/mol. The van der Waals surface area contributed by atoms with Crippen LogP contribution in [0.3, 0.4) is 0 Å². The topological polar surface area (TPSA) is 47.6 Å². The number of carbonyl (C=O) groups excluding carboxylic acids is 1. The standard InChI is InChI=1S/C10H17ClF3NO3/c11-3-7-17-5-1-4-15-9(16)2-6-18-8-10(12,13)14/h1-8H2,(H,15,16). The molecule has 0 aromatic rings. The summed E-state index contributed by atoms with van der Waals surface area (Å²) in [5.41, 5.74) is 0. The number of amides is 1. The molecule has 18 heavy (non-hydrogen) atoms. The van der Waals surface area contributed by atoms with Crippen molar-refractivity contribution >= 4 is 17.5 Å². The van der Waals surface area contributed by atoms with E-state index in [4.69, 9.17) is 16.3 Å². The third-order valence-electron chi connectivity index (χ3n) is 1.75. The highest BCUT2D eigenvalue weighted by Crippen LogP contribution is 2.14. The number of halogens is 4. The molecule has 108 valence electrons. The number of hydrogen-bond donors (Lipinski definition) is 1. The van der Waals surface area contributed by atoms with Gasteiger partial charge in [-0.05, 0) is 6.42 Å². The van der Waals surface area contributed by atoms with Crippen molar-refractivity contribution in [3.63, 3.8) is 0 Å². The van der Waals surface area contributed by atoms with E-state index in [-0.39, 0.29) is 18.9 Å². The molecule has 0 radical (unpaired) electrons. The average molecular weight is 292 g/mol. The van der Waals surface area contributed by atoms with Crippen LogP contribution in [-0.4, -0.2) is 50.9 Å². The van der Waals surface area contributed by atoms with Crippen LogP contribution in [0.15, 0.2) is 0 Å². The molecular formula is C10H17ClF3NO3. The number of ether oxygens (including phenoxy) is 2. The highest BCUT2D eigenvalue weighted by Gasteiger charge is 2.27. The van der Waals surface area contributed by atoms with Crippen LogP contribution in [0.4, 0.5) is 13.2 Å². The van der Waals surface area contributed by atoms with E-state index in [0.29, 0.717) is 32.1 Å². The zero-order valence-corrected chi connectivity index (χ0v) is 10.6. The Labute approximate surface area is 109 Å². The molecule has 1 N–H and O–H groups in total. The van der Waals surface area contributed by atoms with E-state index in [1.54, 1.807) is 0 Å². The Morgan fingerprint density at radius 1 is 1.17 bits per heavy atom. The lowest BCUT2D eigenvalue weighted by Gasteiger charge is -2.08. The normalized spacial score (nSPS) is 11.6. The molecule has 0 aliphatic heterocycles. The maximum absolute atomic E-state index is 11.7. The molecule has 0 aliphatic rings. The molecule has 0 aromatic carbocycles. The molecule has 0 aromatic heterocycles. The van der Waals surface area contributed by atoms with Crippen LogP contribution in [0, 0.1) is 0 Å². The Balaban J connectivity index is 3.28. The Bertz CT molecular complexity index is 227. The molecule has 0 atom stereocenters. The van der Waals surface area contributed by atoms with Crippen LogP contribution < -0.4 is 5.32 Å². The van der Waals surface area contributed by atoms with Crippen molar-refractivity contribution in [2.75, 3.05) is 38.9 Å². The lowest BCUT2D eigenvalue weighted by Crippen LogP contribution is -2.27. The summed E-state index contributed by atoms with van der Waals surface area (Å²) < 4.78 is 44.4. The van der Waals surface area contributed by atoms with E-state index in [9.17, 15) is 18.0 Å². The van der Waals surface area contributed by atoms with Gasteiger partial charge < -0.3 is 14.8 Å². The molecule has 0 aliphatic carbocycles. The second kappa shape index (κ2) is 10.4. The van der Waals surface area contributed by atoms with Crippen molar-refractivity contribution in [1.29, 1.82) is 0 Å². The van der Waals surface area contributed by atoms with Gasteiger partial charge in [0, 0.05) is 25.5 Å². The molecule has 4 nitrogen and oxygen atoms in total. The van der Waals surface area contributed by atoms with Gasteiger partial charge in [-0.25, -0.2) is 0 Å². The molecule has 0 spiro atoms. The Hall–Kier alpha value is -0.530. The van der Waals surface area contributed by atoms with E-state index >= 15 is 0 Å². The van der Waals surface area contributed by atoms with Crippen molar-refractivity contribution in [3.8, 4) is 0 Å². The van der Waals surface area contributed by atoms with Gasteiger partial charge in [0.1, 0.15) is 6.61 Å². The van der Waals surface area contributed by atoms with E-state index < -0.39 is 12.8 Å². The van der Waals surface area contributed by atoms with Gasteiger partial charge in [0.15, 0.2) is 0 Å². The van der Waals surface area contributed by atoms with Crippen molar-refractivity contribution in [2.45, 2.75) is 19.0 Å². The van der Waals surface area contributed by atoms with Crippen molar-refractivity contribution in [3.05, 3.63) is 0 Å². The first kappa shape index (κ1) is 17.5. The van der Waals surface area contributed by atoms with Crippen LogP contribution in [0.2, 0.25) is 0 Å². The van der Waals surface area contributed by atoms with Gasteiger partial charge in [-0.1, -0.05) is 0 Å². The van der Waals surface area contributed by atoms with Gasteiger partial charge in [0.2, 0.25) is 5.91 Å². The summed E-state index contributed by atoms with van der Waals surface area (Å²) in [7, 11) is 0. The minimum absolute atomic E-state index is 0.0847. The average Bonchev–Trinajstić information content (AvgIpc) is 2.28. The van der Waals surface area contributed by atoms with Crippen LogP contribution in [-0.2, 0) is 14.3 Å². The third kappa shape index (κ3) is 13.5. The van der Waals surface area contributed by atoms with Gasteiger partial charge in [0.25, 0.3) is 0 Å². The van der Waals surface area contributed by atoms with Gasteiger partial charge >= 0.3 is 6.18 Å². The highest BCUT2D eigenvalue weighted by atomic mass is 35.5. The fourth-order valence-corrected chi connectivity index (χ4v) is 1.11. The minimum atomic E-state index is -4.35. The summed E-state index contributed by atoms with van der Waals surface area (Å²) in [6, 6.07) is 0. The SMILES string of the molecule is O=C(CCOCC(F)(F)F)NCCCOCCCl. The smallest absolute Gasteiger partial charge is 0.380 e. The summed E-state index contributed by atoms with van der Waals surface area (Å²) >= 11 is 5.38. The van der Waals surface area contributed by atoms with E-state index in [1.807, 2.05) is 0 Å². The van der Waals surface area contributed by atoms with Gasteiger partial charge in [-0.15, -0.1) is 11.6 Å². The lowest BCUT2D eigenvalue weighted by atomic mass is 10.4. The molecule has 0 unspecified atom stereocenters. The second-order valence-electron chi connectivity index (χ2n) is 3.42. The molecule has 8 heteroatoms. The number of nitrogens with one attached hydrogen (secondary N) is 1. The molecule has 1 amide bonds. The molecule has 0 rings (SSSR count). The first-order chi connectivity index (χ1) is 8.45.